The van der Waals surface area contributed by atoms with Crippen LogP contribution >= 0.6 is 0 Å². The van der Waals surface area contributed by atoms with Gasteiger partial charge in [0.25, 0.3) is 0 Å². The number of anilines is 2. The number of nitrogens with zero attached hydrogens (tertiary/aromatic N) is 2. The molecule has 0 saturated carbocycles. The van der Waals surface area contributed by atoms with Gasteiger partial charge in [0.05, 0.1) is 19.2 Å². The normalized spacial score (nSPS) is 10.5. The quantitative estimate of drug-likeness (QED) is 0.248. The summed E-state index contributed by atoms with van der Waals surface area (Å²) in [5, 5.41) is 6.93. The van der Waals surface area contributed by atoms with E-state index in [0.717, 1.165) is 42.3 Å². The second-order valence-corrected chi connectivity index (χ2v) is 8.41. The third-order valence-corrected chi connectivity index (χ3v) is 5.58. The Morgan fingerprint density at radius 1 is 1.03 bits per heavy atom. The van der Waals surface area contributed by atoms with Crippen LogP contribution in [0, 0.1) is 12.3 Å². The highest BCUT2D eigenvalue weighted by Gasteiger charge is 2.12. The van der Waals surface area contributed by atoms with Gasteiger partial charge in [-0.1, -0.05) is 24.8 Å². The Labute approximate surface area is 211 Å². The molecule has 0 atom stereocenters. The number of nitrogens with one attached hydrogen (secondary N) is 2. The Morgan fingerprint density at radius 3 is 2.58 bits per heavy atom. The third-order valence-electron chi connectivity index (χ3n) is 5.58. The molecule has 0 saturated heterocycles. The molecule has 0 fully saturated rings. The number of fused-ring (bicyclic) bond motifs is 1. The summed E-state index contributed by atoms with van der Waals surface area (Å²) < 4.78 is 11.4. The fraction of sp³-hybridized carbons (Fsp3) is 0.357. The molecular weight excluding hydrogens is 456 g/mol. The van der Waals surface area contributed by atoms with E-state index in [-0.39, 0.29) is 18.3 Å². The summed E-state index contributed by atoms with van der Waals surface area (Å²) in [6.45, 7) is 2.26. The summed E-state index contributed by atoms with van der Waals surface area (Å²) in [7, 11) is 1.57. The first kappa shape index (κ1) is 26.5. The molecule has 3 aromatic rings. The van der Waals surface area contributed by atoms with Crippen molar-refractivity contribution in [3.63, 3.8) is 0 Å². The first-order chi connectivity index (χ1) is 17.5. The highest BCUT2D eigenvalue weighted by atomic mass is 16.5. The molecule has 0 aliphatic carbocycles. The molecular formula is C28H32N4O4. The highest BCUT2D eigenvalue weighted by Crippen LogP contribution is 2.34. The second kappa shape index (κ2) is 13.7. The molecule has 2 N–H and O–H groups in total. The van der Waals surface area contributed by atoms with E-state index in [1.807, 2.05) is 30.3 Å². The number of ether oxygens (including phenoxy) is 2. The number of ketones is 1. The van der Waals surface area contributed by atoms with Crippen LogP contribution in [0.2, 0.25) is 0 Å². The number of rotatable bonds is 14. The van der Waals surface area contributed by atoms with E-state index in [0.29, 0.717) is 42.2 Å². The Kier molecular flexibility index (Phi) is 10.1. The minimum atomic E-state index is -0.00951. The number of benzene rings is 2. The molecule has 0 bridgehead atoms. The first-order valence-electron chi connectivity index (χ1n) is 12.1. The second-order valence-electron chi connectivity index (χ2n) is 8.41. The number of terminal acetylenes is 1. The Balaban J connectivity index is 1.56. The van der Waals surface area contributed by atoms with Crippen molar-refractivity contribution in [2.45, 2.75) is 45.4 Å². The number of hydrogen-bond donors (Lipinski definition) is 2. The van der Waals surface area contributed by atoms with Crippen LogP contribution in [0.15, 0.2) is 42.7 Å². The van der Waals surface area contributed by atoms with Crippen molar-refractivity contribution in [2.24, 2.45) is 0 Å². The summed E-state index contributed by atoms with van der Waals surface area (Å²) in [6.07, 6.45) is 11.7. The monoisotopic (exact) mass is 488 g/mol. The van der Waals surface area contributed by atoms with Crippen LogP contribution in [-0.4, -0.2) is 41.9 Å². The smallest absolute Gasteiger partial charge is 0.220 e. The van der Waals surface area contributed by atoms with Crippen molar-refractivity contribution >= 4 is 34.1 Å². The number of hydrogen-bond acceptors (Lipinski definition) is 7. The van der Waals surface area contributed by atoms with E-state index in [1.165, 1.54) is 6.33 Å². The zero-order chi connectivity index (χ0) is 25.8. The maximum Gasteiger partial charge on any atom is 0.220 e. The van der Waals surface area contributed by atoms with E-state index in [1.54, 1.807) is 20.1 Å². The average molecular weight is 489 g/mol. The lowest BCUT2D eigenvalue weighted by Gasteiger charge is -2.14. The molecule has 0 unspecified atom stereocenters. The van der Waals surface area contributed by atoms with Crippen LogP contribution in [-0.2, 0) is 9.59 Å². The van der Waals surface area contributed by atoms with Crippen molar-refractivity contribution in [1.29, 1.82) is 0 Å². The molecule has 3 rings (SSSR count). The van der Waals surface area contributed by atoms with Crippen LogP contribution in [0.25, 0.3) is 10.9 Å². The number of unbranched alkanes of at least 4 members (excludes halogenated alkanes) is 3. The summed E-state index contributed by atoms with van der Waals surface area (Å²) >= 11 is 0. The van der Waals surface area contributed by atoms with E-state index in [2.05, 4.69) is 26.5 Å². The van der Waals surface area contributed by atoms with E-state index in [9.17, 15) is 9.59 Å². The molecule has 1 aromatic heterocycles. The number of aromatic nitrogens is 2. The molecule has 188 valence electrons. The van der Waals surface area contributed by atoms with Gasteiger partial charge in [-0.2, -0.15) is 0 Å². The molecule has 0 aliphatic rings. The van der Waals surface area contributed by atoms with Crippen molar-refractivity contribution in [3.05, 3.63) is 48.3 Å². The molecule has 1 heterocycles. The lowest BCUT2D eigenvalue weighted by atomic mass is 10.1. The molecule has 0 aliphatic heterocycles. The SMILES string of the molecule is C#Cc1cccc(Nc2ncnc3cc(OC)c(OCCNC(=O)CCCCCCC(C)=O)cc23)c1. The number of methoxy groups -OCH3 is 1. The zero-order valence-electron chi connectivity index (χ0n) is 20.8. The van der Waals surface area contributed by atoms with Crippen molar-refractivity contribution in [2.75, 3.05) is 25.6 Å². The topological polar surface area (TPSA) is 102 Å². The Morgan fingerprint density at radius 2 is 1.83 bits per heavy atom. The minimum absolute atomic E-state index is 0.00951. The average Bonchev–Trinajstić information content (AvgIpc) is 2.88. The third kappa shape index (κ3) is 7.98. The van der Waals surface area contributed by atoms with Crippen molar-refractivity contribution in [1.82, 2.24) is 15.3 Å². The number of carbonyl (C=O) groups is 2. The van der Waals surface area contributed by atoms with Gasteiger partial charge < -0.3 is 24.9 Å². The molecule has 2 aromatic carbocycles. The molecule has 8 nitrogen and oxygen atoms in total. The predicted octanol–water partition coefficient (Wildman–Crippen LogP) is 4.79. The van der Waals surface area contributed by atoms with Gasteiger partial charge in [0.1, 0.15) is 24.5 Å². The summed E-state index contributed by atoms with van der Waals surface area (Å²) in [6, 6.07) is 11.1. The molecule has 0 radical (unpaired) electrons. The van der Waals surface area contributed by atoms with Gasteiger partial charge in [0, 0.05) is 35.5 Å². The zero-order valence-corrected chi connectivity index (χ0v) is 20.8. The van der Waals surface area contributed by atoms with Gasteiger partial charge in [0.2, 0.25) is 5.91 Å². The number of amides is 1. The van der Waals surface area contributed by atoms with Crippen LogP contribution in [0.3, 0.4) is 0 Å². The van der Waals surface area contributed by atoms with E-state index < -0.39 is 0 Å². The standard InChI is InChI=1S/C28H32N4O4/c1-4-21-11-9-12-22(16-21)32-28-23-17-26(25(35-3)18-24(23)30-19-31-28)36-15-14-29-27(34)13-8-6-5-7-10-20(2)33/h1,9,11-12,16-19H,5-8,10,13-15H2,2-3H3,(H,29,34)(H,30,31,32). The lowest BCUT2D eigenvalue weighted by molar-refractivity contribution is -0.121. The van der Waals surface area contributed by atoms with Crippen LogP contribution in [0.1, 0.15) is 51.0 Å². The van der Waals surface area contributed by atoms with Gasteiger partial charge in [-0.25, -0.2) is 9.97 Å². The van der Waals surface area contributed by atoms with Gasteiger partial charge in [-0.3, -0.25) is 4.79 Å². The summed E-state index contributed by atoms with van der Waals surface area (Å²) in [5.41, 5.74) is 2.27. The van der Waals surface area contributed by atoms with Gasteiger partial charge in [-0.15, -0.1) is 6.42 Å². The number of carbonyl (C=O) groups excluding carboxylic acids is 2. The number of Topliss-reactive ketones (excluding diaryl/α,β-unsaturated/α-hetero) is 1. The largest absolute Gasteiger partial charge is 0.493 e. The van der Waals surface area contributed by atoms with Crippen LogP contribution in [0.5, 0.6) is 11.5 Å². The van der Waals surface area contributed by atoms with E-state index >= 15 is 0 Å². The van der Waals surface area contributed by atoms with Gasteiger partial charge >= 0.3 is 0 Å². The molecule has 0 spiro atoms. The summed E-state index contributed by atoms with van der Waals surface area (Å²) in [4.78, 5) is 31.8. The predicted molar refractivity (Wildman–Crippen MR) is 141 cm³/mol. The minimum Gasteiger partial charge on any atom is -0.493 e. The van der Waals surface area contributed by atoms with Gasteiger partial charge in [0.15, 0.2) is 11.5 Å². The summed E-state index contributed by atoms with van der Waals surface area (Å²) in [5.74, 6) is 4.50. The van der Waals surface area contributed by atoms with Crippen LogP contribution < -0.4 is 20.1 Å². The van der Waals surface area contributed by atoms with Crippen molar-refractivity contribution in [3.8, 4) is 23.8 Å². The first-order valence-corrected chi connectivity index (χ1v) is 12.1. The molecule has 36 heavy (non-hydrogen) atoms. The van der Waals surface area contributed by atoms with E-state index in [4.69, 9.17) is 15.9 Å². The maximum absolute atomic E-state index is 12.1. The lowest BCUT2D eigenvalue weighted by Crippen LogP contribution is -2.27. The fourth-order valence-corrected chi connectivity index (χ4v) is 3.71. The fourth-order valence-electron chi connectivity index (χ4n) is 3.71. The van der Waals surface area contributed by atoms with Crippen molar-refractivity contribution < 1.29 is 19.1 Å². The van der Waals surface area contributed by atoms with Gasteiger partial charge in [-0.05, 0) is 44.0 Å². The Hall–Kier alpha value is -4.12. The maximum atomic E-state index is 12.1. The molecule has 1 amide bonds. The highest BCUT2D eigenvalue weighted by molar-refractivity contribution is 5.93. The molecule has 8 heteroatoms. The Bertz CT molecular complexity index is 1240. The van der Waals surface area contributed by atoms with Crippen LogP contribution in [0.4, 0.5) is 11.5 Å².